The normalized spacial score (nSPS) is 12.1. The van der Waals surface area contributed by atoms with Crippen molar-refractivity contribution in [3.63, 3.8) is 0 Å². The van der Waals surface area contributed by atoms with Gasteiger partial charge in [0.05, 0.1) is 10.5 Å². The second-order valence-corrected chi connectivity index (χ2v) is 9.03. The third-order valence-electron chi connectivity index (χ3n) is 4.83. The summed E-state index contributed by atoms with van der Waals surface area (Å²) in [5.41, 5.74) is 1.23. The number of imidazole rings is 1. The van der Waals surface area contributed by atoms with Crippen LogP contribution in [0.3, 0.4) is 0 Å². The van der Waals surface area contributed by atoms with Gasteiger partial charge in [-0.25, -0.2) is 13.4 Å². The van der Waals surface area contributed by atoms with Gasteiger partial charge in [0, 0.05) is 29.9 Å². The van der Waals surface area contributed by atoms with E-state index in [1.54, 1.807) is 47.2 Å². The molecule has 4 aromatic rings. The van der Waals surface area contributed by atoms with E-state index in [0.717, 1.165) is 17.9 Å². The minimum Gasteiger partial charge on any atom is -0.300 e. The molecule has 0 saturated heterocycles. The smallest absolute Gasteiger partial charge is 0.300 e. The van der Waals surface area contributed by atoms with Gasteiger partial charge in [0.2, 0.25) is 0 Å². The van der Waals surface area contributed by atoms with Crippen LogP contribution in [0, 0.1) is 0 Å². The van der Waals surface area contributed by atoms with Crippen molar-refractivity contribution in [3.05, 3.63) is 90.8 Å². The Labute approximate surface area is 177 Å². The topological polar surface area (TPSA) is 52.0 Å². The van der Waals surface area contributed by atoms with Crippen molar-refractivity contribution < 1.29 is 21.6 Å². The SMILES string of the molecule is CS(=O)(=O)c1cccc(-c2cccc(-n3ccnc3-c3ccccc3C(F)(F)F)c2)c1. The lowest BCUT2D eigenvalue weighted by Crippen LogP contribution is -2.09. The molecule has 0 saturated carbocycles. The van der Waals surface area contributed by atoms with Gasteiger partial charge >= 0.3 is 6.18 Å². The largest absolute Gasteiger partial charge is 0.417 e. The van der Waals surface area contributed by atoms with E-state index in [-0.39, 0.29) is 16.3 Å². The molecule has 158 valence electrons. The Hall–Kier alpha value is -3.39. The van der Waals surface area contributed by atoms with Gasteiger partial charge in [0.25, 0.3) is 0 Å². The lowest BCUT2D eigenvalue weighted by atomic mass is 10.0. The highest BCUT2D eigenvalue weighted by atomic mass is 32.2. The summed E-state index contributed by atoms with van der Waals surface area (Å²) >= 11 is 0. The second kappa shape index (κ2) is 7.70. The predicted octanol–water partition coefficient (Wildman–Crippen LogP) is 5.63. The van der Waals surface area contributed by atoms with Gasteiger partial charge in [-0.3, -0.25) is 4.57 Å². The van der Waals surface area contributed by atoms with Crippen molar-refractivity contribution in [2.24, 2.45) is 0 Å². The molecule has 0 fully saturated rings. The molecule has 4 nitrogen and oxygen atoms in total. The van der Waals surface area contributed by atoms with Crippen molar-refractivity contribution in [3.8, 4) is 28.2 Å². The van der Waals surface area contributed by atoms with E-state index < -0.39 is 21.6 Å². The summed E-state index contributed by atoms with van der Waals surface area (Å²) in [5.74, 6) is 0.162. The first-order chi connectivity index (χ1) is 14.6. The van der Waals surface area contributed by atoms with Crippen LogP contribution in [0.15, 0.2) is 90.1 Å². The summed E-state index contributed by atoms with van der Waals surface area (Å²) in [5, 5.41) is 0. The van der Waals surface area contributed by atoms with Crippen LogP contribution in [-0.2, 0) is 16.0 Å². The molecule has 3 aromatic carbocycles. The maximum absolute atomic E-state index is 13.5. The summed E-state index contributed by atoms with van der Waals surface area (Å²) in [6, 6.07) is 18.9. The van der Waals surface area contributed by atoms with Crippen LogP contribution in [0.4, 0.5) is 13.2 Å². The second-order valence-electron chi connectivity index (χ2n) is 7.01. The van der Waals surface area contributed by atoms with Gasteiger partial charge in [-0.15, -0.1) is 0 Å². The first-order valence-electron chi connectivity index (χ1n) is 9.25. The average molecular weight is 442 g/mol. The first kappa shape index (κ1) is 20.9. The Morgan fingerprint density at radius 1 is 0.871 bits per heavy atom. The fourth-order valence-electron chi connectivity index (χ4n) is 3.38. The third kappa shape index (κ3) is 4.25. The van der Waals surface area contributed by atoms with Gasteiger partial charge in [-0.05, 0) is 41.5 Å². The number of alkyl halides is 3. The first-order valence-corrected chi connectivity index (χ1v) is 11.1. The van der Waals surface area contributed by atoms with E-state index in [0.29, 0.717) is 11.3 Å². The van der Waals surface area contributed by atoms with E-state index in [4.69, 9.17) is 0 Å². The molecule has 0 bridgehead atoms. The quantitative estimate of drug-likeness (QED) is 0.412. The van der Waals surface area contributed by atoms with Crippen molar-refractivity contribution in [1.29, 1.82) is 0 Å². The summed E-state index contributed by atoms with van der Waals surface area (Å²) in [7, 11) is -3.37. The zero-order valence-electron chi connectivity index (χ0n) is 16.3. The standard InChI is InChI=1S/C23H17F3N2O2S/c1-31(29,30)19-9-5-7-17(15-19)16-6-4-8-18(14-16)28-13-12-27-22(28)20-10-2-3-11-21(20)23(24,25)26/h2-15H,1H3. The number of benzene rings is 3. The number of aromatic nitrogens is 2. The third-order valence-corrected chi connectivity index (χ3v) is 5.94. The molecule has 0 radical (unpaired) electrons. The van der Waals surface area contributed by atoms with E-state index in [9.17, 15) is 21.6 Å². The van der Waals surface area contributed by atoms with Crippen molar-refractivity contribution >= 4 is 9.84 Å². The molecule has 0 spiro atoms. The highest BCUT2D eigenvalue weighted by molar-refractivity contribution is 7.90. The summed E-state index contributed by atoms with van der Waals surface area (Å²) in [6.45, 7) is 0. The van der Waals surface area contributed by atoms with Crippen molar-refractivity contribution in [2.45, 2.75) is 11.1 Å². The number of hydrogen-bond acceptors (Lipinski definition) is 3. The lowest BCUT2D eigenvalue weighted by molar-refractivity contribution is -0.137. The van der Waals surface area contributed by atoms with E-state index >= 15 is 0 Å². The number of rotatable bonds is 4. The highest BCUT2D eigenvalue weighted by Crippen LogP contribution is 2.37. The molecule has 8 heteroatoms. The maximum atomic E-state index is 13.5. The maximum Gasteiger partial charge on any atom is 0.417 e. The summed E-state index contributed by atoms with van der Waals surface area (Å²) < 4.78 is 65.9. The Morgan fingerprint density at radius 3 is 2.26 bits per heavy atom. The number of halogens is 3. The predicted molar refractivity (Wildman–Crippen MR) is 113 cm³/mol. The van der Waals surface area contributed by atoms with E-state index in [2.05, 4.69) is 4.98 Å². The molecule has 0 aliphatic heterocycles. The molecule has 0 amide bonds. The van der Waals surface area contributed by atoms with Crippen molar-refractivity contribution in [1.82, 2.24) is 9.55 Å². The Kier molecular flexibility index (Phi) is 5.18. The Bertz CT molecular complexity index is 1360. The number of sulfone groups is 1. The van der Waals surface area contributed by atoms with Crippen LogP contribution in [0.25, 0.3) is 28.2 Å². The van der Waals surface area contributed by atoms with Gasteiger partial charge in [0.1, 0.15) is 5.82 Å². The molecule has 0 aliphatic rings. The zero-order chi connectivity index (χ0) is 22.2. The molecular weight excluding hydrogens is 425 g/mol. The summed E-state index contributed by atoms with van der Waals surface area (Å²) in [6.07, 6.45) is -0.340. The molecular formula is C23H17F3N2O2S. The van der Waals surface area contributed by atoms with Gasteiger partial charge in [-0.2, -0.15) is 13.2 Å². The monoisotopic (exact) mass is 442 g/mol. The fraction of sp³-hybridized carbons (Fsp3) is 0.0870. The van der Waals surface area contributed by atoms with Crippen molar-refractivity contribution in [2.75, 3.05) is 6.26 Å². The molecule has 0 N–H and O–H groups in total. The van der Waals surface area contributed by atoms with Crippen LogP contribution in [-0.4, -0.2) is 24.2 Å². The summed E-state index contributed by atoms with van der Waals surface area (Å²) in [4.78, 5) is 4.36. The average Bonchev–Trinajstić information content (AvgIpc) is 3.23. The minimum atomic E-state index is -4.51. The minimum absolute atomic E-state index is 0.0236. The lowest BCUT2D eigenvalue weighted by Gasteiger charge is -2.15. The molecule has 1 heterocycles. The van der Waals surface area contributed by atoms with Crippen LogP contribution in [0.5, 0.6) is 0 Å². The highest BCUT2D eigenvalue weighted by Gasteiger charge is 2.34. The van der Waals surface area contributed by atoms with Gasteiger partial charge < -0.3 is 0 Å². The van der Waals surface area contributed by atoms with Gasteiger partial charge in [-0.1, -0.05) is 42.5 Å². The molecule has 0 unspecified atom stereocenters. The molecule has 0 atom stereocenters. The number of hydrogen-bond donors (Lipinski definition) is 0. The van der Waals surface area contributed by atoms with Crippen LogP contribution < -0.4 is 0 Å². The Balaban J connectivity index is 1.82. The van der Waals surface area contributed by atoms with Gasteiger partial charge in [0.15, 0.2) is 9.84 Å². The molecule has 4 rings (SSSR count). The van der Waals surface area contributed by atoms with Crippen LogP contribution in [0.2, 0.25) is 0 Å². The fourth-order valence-corrected chi connectivity index (χ4v) is 4.04. The molecule has 1 aromatic heterocycles. The van der Waals surface area contributed by atoms with E-state index in [1.807, 2.05) is 6.07 Å². The zero-order valence-corrected chi connectivity index (χ0v) is 17.2. The van der Waals surface area contributed by atoms with Crippen LogP contribution in [0.1, 0.15) is 5.56 Å². The molecule has 31 heavy (non-hydrogen) atoms. The van der Waals surface area contributed by atoms with E-state index in [1.165, 1.54) is 30.5 Å². The number of nitrogens with zero attached hydrogens (tertiary/aromatic N) is 2. The van der Waals surface area contributed by atoms with Crippen LogP contribution >= 0.6 is 0 Å². The Morgan fingerprint density at radius 2 is 1.55 bits per heavy atom. The molecule has 0 aliphatic carbocycles.